The Balaban J connectivity index is 2.03. The summed E-state index contributed by atoms with van der Waals surface area (Å²) in [4.78, 5) is 0. The zero-order valence-electron chi connectivity index (χ0n) is 7.64. The molecule has 2 heterocycles. The van der Waals surface area contributed by atoms with Crippen LogP contribution in [-0.4, -0.2) is 16.7 Å². The van der Waals surface area contributed by atoms with E-state index in [-0.39, 0.29) is 0 Å². The summed E-state index contributed by atoms with van der Waals surface area (Å²) in [7, 11) is 0. The van der Waals surface area contributed by atoms with Gasteiger partial charge in [-0.15, -0.1) is 10.2 Å². The minimum atomic E-state index is 0.542. The maximum atomic E-state index is 5.40. The molecule has 0 aromatic carbocycles. The molecule has 4 nitrogen and oxygen atoms in total. The van der Waals surface area contributed by atoms with Crippen molar-refractivity contribution in [2.45, 2.75) is 12.8 Å². The van der Waals surface area contributed by atoms with Gasteiger partial charge in [0.1, 0.15) is 0 Å². The molecule has 0 aliphatic carbocycles. The lowest BCUT2D eigenvalue weighted by Crippen LogP contribution is -2.02. The average molecular weight is 209 g/mol. The van der Waals surface area contributed by atoms with E-state index in [9.17, 15) is 0 Å². The molecule has 2 N–H and O–H groups in total. The molecule has 2 aromatic rings. The molecule has 0 aliphatic rings. The van der Waals surface area contributed by atoms with Crippen LogP contribution in [0.1, 0.15) is 17.3 Å². The first-order valence-corrected chi connectivity index (χ1v) is 5.35. The minimum Gasteiger partial charge on any atom is -0.425 e. The van der Waals surface area contributed by atoms with Crippen LogP contribution in [0.3, 0.4) is 0 Å². The van der Waals surface area contributed by atoms with Crippen molar-refractivity contribution in [1.82, 2.24) is 10.2 Å². The Bertz CT molecular complexity index is 382. The van der Waals surface area contributed by atoms with Gasteiger partial charge in [0.25, 0.3) is 0 Å². The van der Waals surface area contributed by atoms with Gasteiger partial charge in [0.05, 0.1) is 6.42 Å². The molecule has 0 radical (unpaired) electrons. The highest BCUT2D eigenvalue weighted by atomic mass is 32.1. The van der Waals surface area contributed by atoms with Crippen LogP contribution in [0.5, 0.6) is 0 Å². The monoisotopic (exact) mass is 209 g/mol. The van der Waals surface area contributed by atoms with E-state index in [1.54, 1.807) is 11.3 Å². The first-order chi connectivity index (χ1) is 6.88. The van der Waals surface area contributed by atoms with E-state index in [0.717, 1.165) is 0 Å². The van der Waals surface area contributed by atoms with Crippen LogP contribution in [0.2, 0.25) is 0 Å². The molecule has 0 saturated carbocycles. The van der Waals surface area contributed by atoms with Gasteiger partial charge in [0.2, 0.25) is 11.8 Å². The second kappa shape index (κ2) is 4.34. The van der Waals surface area contributed by atoms with Crippen molar-refractivity contribution in [3.8, 4) is 0 Å². The van der Waals surface area contributed by atoms with Crippen molar-refractivity contribution in [1.29, 1.82) is 0 Å². The Hall–Kier alpha value is -1.20. The van der Waals surface area contributed by atoms with Crippen LogP contribution in [-0.2, 0) is 12.8 Å². The molecule has 14 heavy (non-hydrogen) atoms. The molecule has 0 saturated heterocycles. The number of hydrogen-bond acceptors (Lipinski definition) is 5. The first-order valence-electron chi connectivity index (χ1n) is 4.41. The highest BCUT2D eigenvalue weighted by Gasteiger charge is 2.05. The van der Waals surface area contributed by atoms with Crippen molar-refractivity contribution in [3.05, 3.63) is 34.2 Å². The molecular formula is C9H11N3OS. The second-order valence-electron chi connectivity index (χ2n) is 2.94. The zero-order chi connectivity index (χ0) is 9.80. The standard InChI is InChI=1S/C9H11N3OS/c10-3-1-8-11-12-9(13-8)5-7-2-4-14-6-7/h2,4,6H,1,3,5,10H2. The smallest absolute Gasteiger partial charge is 0.220 e. The molecule has 0 aliphatic heterocycles. The summed E-state index contributed by atoms with van der Waals surface area (Å²) in [5.74, 6) is 1.28. The Morgan fingerprint density at radius 1 is 1.36 bits per heavy atom. The van der Waals surface area contributed by atoms with Crippen molar-refractivity contribution < 1.29 is 4.42 Å². The predicted molar refractivity (Wildman–Crippen MR) is 54.2 cm³/mol. The molecular weight excluding hydrogens is 198 g/mol. The van der Waals surface area contributed by atoms with Crippen molar-refractivity contribution in [3.63, 3.8) is 0 Å². The minimum absolute atomic E-state index is 0.542. The zero-order valence-corrected chi connectivity index (χ0v) is 8.46. The third-order valence-corrected chi connectivity index (χ3v) is 2.53. The first kappa shape index (κ1) is 9.36. The second-order valence-corrected chi connectivity index (χ2v) is 3.72. The summed E-state index contributed by atoms with van der Waals surface area (Å²) in [6.07, 6.45) is 1.36. The van der Waals surface area contributed by atoms with E-state index < -0.39 is 0 Å². The molecule has 0 unspecified atom stereocenters. The van der Waals surface area contributed by atoms with Crippen LogP contribution >= 0.6 is 11.3 Å². The van der Waals surface area contributed by atoms with Crippen LogP contribution < -0.4 is 5.73 Å². The van der Waals surface area contributed by atoms with Crippen LogP contribution in [0.25, 0.3) is 0 Å². The van der Waals surface area contributed by atoms with Gasteiger partial charge in [-0.1, -0.05) is 0 Å². The van der Waals surface area contributed by atoms with Gasteiger partial charge < -0.3 is 10.2 Å². The van der Waals surface area contributed by atoms with E-state index in [1.165, 1.54) is 5.56 Å². The van der Waals surface area contributed by atoms with Crippen molar-refractivity contribution in [2.24, 2.45) is 5.73 Å². The van der Waals surface area contributed by atoms with Gasteiger partial charge in [0.15, 0.2) is 0 Å². The van der Waals surface area contributed by atoms with E-state index in [0.29, 0.717) is 31.2 Å². The SMILES string of the molecule is NCCc1nnc(Cc2ccsc2)o1. The lowest BCUT2D eigenvalue weighted by molar-refractivity contribution is 0.459. The normalized spacial score (nSPS) is 10.6. The average Bonchev–Trinajstić information content (AvgIpc) is 2.79. The largest absolute Gasteiger partial charge is 0.425 e. The van der Waals surface area contributed by atoms with Gasteiger partial charge >= 0.3 is 0 Å². The Kier molecular flexibility index (Phi) is 2.90. The van der Waals surface area contributed by atoms with E-state index >= 15 is 0 Å². The lowest BCUT2D eigenvalue weighted by Gasteiger charge is -1.90. The molecule has 0 amide bonds. The van der Waals surface area contributed by atoms with Gasteiger partial charge in [0, 0.05) is 13.0 Å². The van der Waals surface area contributed by atoms with Crippen molar-refractivity contribution in [2.75, 3.05) is 6.54 Å². The summed E-state index contributed by atoms with van der Waals surface area (Å²) in [6, 6.07) is 2.05. The Labute approximate surface area is 85.8 Å². The lowest BCUT2D eigenvalue weighted by atomic mass is 10.2. The van der Waals surface area contributed by atoms with E-state index in [2.05, 4.69) is 21.6 Å². The van der Waals surface area contributed by atoms with Crippen LogP contribution in [0.4, 0.5) is 0 Å². The van der Waals surface area contributed by atoms with E-state index in [1.807, 2.05) is 5.38 Å². The number of nitrogens with two attached hydrogens (primary N) is 1. The van der Waals surface area contributed by atoms with Gasteiger partial charge in [-0.05, 0) is 22.4 Å². The quantitative estimate of drug-likeness (QED) is 0.822. The summed E-state index contributed by atoms with van der Waals surface area (Å²) in [5.41, 5.74) is 6.59. The molecule has 0 fully saturated rings. The van der Waals surface area contributed by atoms with E-state index in [4.69, 9.17) is 10.2 Å². The predicted octanol–water partition coefficient (Wildman–Crippen LogP) is 1.22. The van der Waals surface area contributed by atoms with Gasteiger partial charge in [-0.2, -0.15) is 11.3 Å². The fourth-order valence-corrected chi connectivity index (χ4v) is 1.82. The summed E-state index contributed by atoms with van der Waals surface area (Å²) >= 11 is 1.67. The number of rotatable bonds is 4. The molecule has 5 heteroatoms. The van der Waals surface area contributed by atoms with Gasteiger partial charge in [-0.25, -0.2) is 0 Å². The van der Waals surface area contributed by atoms with Crippen molar-refractivity contribution >= 4 is 11.3 Å². The molecule has 2 aromatic heterocycles. The third-order valence-electron chi connectivity index (χ3n) is 1.80. The van der Waals surface area contributed by atoms with Crippen LogP contribution in [0, 0.1) is 0 Å². The number of nitrogens with zero attached hydrogens (tertiary/aromatic N) is 2. The number of aromatic nitrogens is 2. The number of hydrogen-bond donors (Lipinski definition) is 1. The molecule has 74 valence electrons. The summed E-state index contributed by atoms with van der Waals surface area (Å²) < 4.78 is 5.40. The fourth-order valence-electron chi connectivity index (χ4n) is 1.15. The highest BCUT2D eigenvalue weighted by molar-refractivity contribution is 7.07. The molecule has 0 atom stereocenters. The maximum absolute atomic E-state index is 5.40. The number of thiophene rings is 1. The summed E-state index contributed by atoms with van der Waals surface area (Å²) in [5, 5.41) is 11.9. The fraction of sp³-hybridized carbons (Fsp3) is 0.333. The van der Waals surface area contributed by atoms with Crippen LogP contribution in [0.15, 0.2) is 21.2 Å². The Morgan fingerprint density at radius 2 is 2.21 bits per heavy atom. The molecule has 0 bridgehead atoms. The molecule has 0 spiro atoms. The third kappa shape index (κ3) is 2.18. The maximum Gasteiger partial charge on any atom is 0.220 e. The molecule has 2 rings (SSSR count). The summed E-state index contributed by atoms with van der Waals surface area (Å²) in [6.45, 7) is 0.542. The van der Waals surface area contributed by atoms with Gasteiger partial charge in [-0.3, -0.25) is 0 Å². The highest BCUT2D eigenvalue weighted by Crippen LogP contribution is 2.11. The topological polar surface area (TPSA) is 64.9 Å². The Morgan fingerprint density at radius 3 is 2.93 bits per heavy atom.